The summed E-state index contributed by atoms with van der Waals surface area (Å²) in [5.74, 6) is 0. The predicted molar refractivity (Wildman–Crippen MR) is 46.4 cm³/mol. The fraction of sp³-hybridized carbons (Fsp3) is 0. The third kappa shape index (κ3) is 1.71. The van der Waals surface area contributed by atoms with Gasteiger partial charge in [-0.3, -0.25) is 0 Å². The molecule has 1 N–H and O–H groups in total. The number of thiophene rings is 1. The van der Waals surface area contributed by atoms with E-state index >= 15 is 0 Å². The van der Waals surface area contributed by atoms with Crippen LogP contribution in [-0.2, 0) is 0 Å². The first-order valence-electron chi connectivity index (χ1n) is 2.36. The van der Waals surface area contributed by atoms with Crippen molar-refractivity contribution in [2.24, 2.45) is 5.16 Å². The maximum absolute atomic E-state index is 8.14. The zero-order valence-electron chi connectivity index (χ0n) is 4.71. The highest BCUT2D eigenvalue weighted by Gasteiger charge is 2.01. The van der Waals surface area contributed by atoms with E-state index in [1.54, 1.807) is 6.07 Å². The van der Waals surface area contributed by atoms with Crippen molar-refractivity contribution in [2.45, 2.75) is 0 Å². The van der Waals surface area contributed by atoms with Gasteiger partial charge in [-0.15, -0.1) is 11.3 Å². The lowest BCUT2D eigenvalue weighted by molar-refractivity contribution is 0.322. The molecule has 5 heteroatoms. The average molecular weight is 241 g/mol. The Labute approximate surface area is 75.3 Å². The van der Waals surface area contributed by atoms with Gasteiger partial charge in [0.2, 0.25) is 0 Å². The quantitative estimate of drug-likeness (QED) is 0.457. The Balaban J connectivity index is 2.98. The van der Waals surface area contributed by atoms with Crippen LogP contribution in [0.25, 0.3) is 0 Å². The molecule has 0 unspecified atom stereocenters. The summed E-state index contributed by atoms with van der Waals surface area (Å²) in [5, 5.41) is 11.0. The van der Waals surface area contributed by atoms with Crippen LogP contribution in [0, 0.1) is 0 Å². The van der Waals surface area contributed by atoms with E-state index < -0.39 is 0 Å². The van der Waals surface area contributed by atoms with Gasteiger partial charge in [0.25, 0.3) is 0 Å². The predicted octanol–water partition coefficient (Wildman–Crippen LogP) is 2.97. The molecule has 0 atom stereocenters. The van der Waals surface area contributed by atoms with Gasteiger partial charge in [-0.05, 0) is 22.0 Å². The molecule has 0 saturated heterocycles. The van der Waals surface area contributed by atoms with E-state index in [4.69, 9.17) is 16.8 Å². The summed E-state index contributed by atoms with van der Waals surface area (Å²) in [6.07, 6.45) is 1.33. The largest absolute Gasteiger partial charge is 0.411 e. The maximum atomic E-state index is 8.14. The third-order valence-electron chi connectivity index (χ3n) is 0.849. The SMILES string of the molecule is ON=Cc1cc(Br)c(Cl)s1. The second kappa shape index (κ2) is 3.37. The van der Waals surface area contributed by atoms with Gasteiger partial charge in [-0.2, -0.15) is 0 Å². The van der Waals surface area contributed by atoms with E-state index in [-0.39, 0.29) is 0 Å². The van der Waals surface area contributed by atoms with Crippen LogP contribution in [0.15, 0.2) is 15.7 Å². The van der Waals surface area contributed by atoms with Crippen LogP contribution in [0.5, 0.6) is 0 Å². The topological polar surface area (TPSA) is 32.6 Å². The number of hydrogen-bond donors (Lipinski definition) is 1. The van der Waals surface area contributed by atoms with Crippen molar-refractivity contribution in [3.8, 4) is 0 Å². The summed E-state index contributed by atoms with van der Waals surface area (Å²) < 4.78 is 1.49. The Morgan fingerprint density at radius 1 is 1.80 bits per heavy atom. The fourth-order valence-corrected chi connectivity index (χ4v) is 2.09. The normalized spacial score (nSPS) is 11.0. The molecule has 0 bridgehead atoms. The van der Waals surface area contributed by atoms with Crippen molar-refractivity contribution in [3.05, 3.63) is 19.8 Å². The first-order chi connectivity index (χ1) is 4.74. The minimum Gasteiger partial charge on any atom is -0.411 e. The molecule has 0 amide bonds. The van der Waals surface area contributed by atoms with E-state index in [2.05, 4.69) is 21.1 Å². The summed E-state index contributed by atoms with van der Waals surface area (Å²) in [6.45, 7) is 0. The number of hydrogen-bond acceptors (Lipinski definition) is 3. The first-order valence-corrected chi connectivity index (χ1v) is 4.35. The molecule has 0 fully saturated rings. The second-order valence-electron chi connectivity index (χ2n) is 1.51. The van der Waals surface area contributed by atoms with Crippen LogP contribution in [0.2, 0.25) is 4.34 Å². The number of oxime groups is 1. The highest BCUT2D eigenvalue weighted by molar-refractivity contribution is 9.10. The van der Waals surface area contributed by atoms with Crippen LogP contribution in [0.4, 0.5) is 0 Å². The van der Waals surface area contributed by atoms with E-state index in [1.165, 1.54) is 17.6 Å². The van der Waals surface area contributed by atoms with Gasteiger partial charge in [0.1, 0.15) is 4.34 Å². The smallest absolute Gasteiger partial charge is 0.108 e. The summed E-state index contributed by atoms with van der Waals surface area (Å²) >= 11 is 10.3. The molecule has 2 nitrogen and oxygen atoms in total. The second-order valence-corrected chi connectivity index (χ2v) is 4.06. The van der Waals surface area contributed by atoms with E-state index in [0.29, 0.717) is 4.34 Å². The molecule has 1 aromatic heterocycles. The van der Waals surface area contributed by atoms with Crippen molar-refractivity contribution in [1.29, 1.82) is 0 Å². The zero-order chi connectivity index (χ0) is 7.56. The van der Waals surface area contributed by atoms with Crippen LogP contribution >= 0.6 is 38.9 Å². The van der Waals surface area contributed by atoms with Gasteiger partial charge in [0.15, 0.2) is 0 Å². The van der Waals surface area contributed by atoms with Crippen molar-refractivity contribution in [3.63, 3.8) is 0 Å². The molecule has 0 radical (unpaired) electrons. The highest BCUT2D eigenvalue weighted by Crippen LogP contribution is 2.30. The fourth-order valence-electron chi connectivity index (χ4n) is 0.484. The molecule has 1 aromatic rings. The Bertz CT molecular complexity index is 241. The lowest BCUT2D eigenvalue weighted by Gasteiger charge is -1.74. The molecule has 54 valence electrons. The average Bonchev–Trinajstić information content (AvgIpc) is 2.14. The van der Waals surface area contributed by atoms with Gasteiger partial charge in [0, 0.05) is 4.47 Å². The first kappa shape index (κ1) is 8.04. The summed E-state index contributed by atoms with van der Waals surface area (Å²) in [6, 6.07) is 1.78. The molecule has 1 rings (SSSR count). The summed E-state index contributed by atoms with van der Waals surface area (Å²) in [7, 11) is 0. The molecule has 0 aromatic carbocycles. The lowest BCUT2D eigenvalue weighted by Crippen LogP contribution is -1.68. The van der Waals surface area contributed by atoms with Crippen molar-refractivity contribution in [1.82, 2.24) is 0 Å². The molecule has 0 aliphatic carbocycles. The molecule has 0 spiro atoms. The molecular formula is C5H3BrClNOS. The molecular weight excluding hydrogens is 237 g/mol. The van der Waals surface area contributed by atoms with Crippen molar-refractivity contribution < 1.29 is 5.21 Å². The lowest BCUT2D eigenvalue weighted by atomic mass is 10.5. The number of halogens is 2. The number of nitrogens with zero attached hydrogens (tertiary/aromatic N) is 1. The van der Waals surface area contributed by atoms with Gasteiger partial charge in [-0.1, -0.05) is 16.8 Å². The third-order valence-corrected chi connectivity index (χ3v) is 3.26. The Morgan fingerprint density at radius 3 is 2.90 bits per heavy atom. The summed E-state index contributed by atoms with van der Waals surface area (Å²) in [4.78, 5) is 0.819. The standard InChI is InChI=1S/C5H3BrClNOS/c6-4-1-3(2-8-9)10-5(4)7/h1-2,9H. The van der Waals surface area contributed by atoms with Gasteiger partial charge >= 0.3 is 0 Å². The van der Waals surface area contributed by atoms with Crippen molar-refractivity contribution >= 4 is 45.1 Å². The Hall–Kier alpha value is -0.0600. The van der Waals surface area contributed by atoms with Crippen LogP contribution in [-0.4, -0.2) is 11.4 Å². The monoisotopic (exact) mass is 239 g/mol. The van der Waals surface area contributed by atoms with Gasteiger partial charge in [0.05, 0.1) is 11.1 Å². The molecule has 0 saturated carbocycles. The Kier molecular flexibility index (Phi) is 2.71. The zero-order valence-corrected chi connectivity index (χ0v) is 7.87. The highest BCUT2D eigenvalue weighted by atomic mass is 79.9. The van der Waals surface area contributed by atoms with E-state index in [9.17, 15) is 0 Å². The van der Waals surface area contributed by atoms with Crippen molar-refractivity contribution in [2.75, 3.05) is 0 Å². The van der Waals surface area contributed by atoms with Crippen LogP contribution in [0.1, 0.15) is 4.88 Å². The van der Waals surface area contributed by atoms with Crippen LogP contribution < -0.4 is 0 Å². The van der Waals surface area contributed by atoms with Gasteiger partial charge in [-0.25, -0.2) is 0 Å². The van der Waals surface area contributed by atoms with Crippen LogP contribution in [0.3, 0.4) is 0 Å². The number of rotatable bonds is 1. The molecule has 10 heavy (non-hydrogen) atoms. The molecule has 0 aliphatic heterocycles. The van der Waals surface area contributed by atoms with E-state index in [1.807, 2.05) is 0 Å². The molecule has 1 heterocycles. The Morgan fingerprint density at radius 2 is 2.50 bits per heavy atom. The summed E-state index contributed by atoms with van der Waals surface area (Å²) in [5.41, 5.74) is 0. The van der Waals surface area contributed by atoms with E-state index in [0.717, 1.165) is 9.35 Å². The molecule has 0 aliphatic rings. The van der Waals surface area contributed by atoms with Gasteiger partial charge < -0.3 is 5.21 Å². The minimum absolute atomic E-state index is 0.662. The maximum Gasteiger partial charge on any atom is 0.108 e. The minimum atomic E-state index is 0.662.